The molecule has 0 aliphatic rings. The van der Waals surface area contributed by atoms with Gasteiger partial charge in [-0.15, -0.1) is 11.3 Å². The van der Waals surface area contributed by atoms with Crippen LogP contribution >= 0.6 is 27.3 Å². The predicted molar refractivity (Wildman–Crippen MR) is 56.3 cm³/mol. The van der Waals surface area contributed by atoms with Crippen molar-refractivity contribution in [1.82, 2.24) is 0 Å². The molecule has 0 aliphatic carbocycles. The molecule has 12 heavy (non-hydrogen) atoms. The maximum absolute atomic E-state index is 3.44. The van der Waals surface area contributed by atoms with Gasteiger partial charge in [-0.2, -0.15) is 0 Å². The van der Waals surface area contributed by atoms with Crippen molar-refractivity contribution in [2.24, 2.45) is 0 Å². The number of rotatable bonds is 1. The van der Waals surface area contributed by atoms with Crippen LogP contribution in [0.4, 0.5) is 0 Å². The van der Waals surface area contributed by atoms with Crippen LogP contribution in [0, 0.1) is 6.07 Å². The van der Waals surface area contributed by atoms with Crippen molar-refractivity contribution in [2.45, 2.75) is 0 Å². The fraction of sp³-hybridized carbons (Fsp3) is 0. The summed E-state index contributed by atoms with van der Waals surface area (Å²) in [6, 6.07) is 13.4. The molecule has 0 nitrogen and oxygen atoms in total. The molecule has 2 rings (SSSR count). The largest absolute Gasteiger partial charge is 0.143 e. The van der Waals surface area contributed by atoms with E-state index in [-0.39, 0.29) is 0 Å². The highest BCUT2D eigenvalue weighted by Gasteiger charge is 1.97. The first kappa shape index (κ1) is 8.02. The third kappa shape index (κ3) is 1.59. The van der Waals surface area contributed by atoms with Gasteiger partial charge in [0.05, 0.1) is 0 Å². The average molecular weight is 238 g/mol. The van der Waals surface area contributed by atoms with E-state index in [0.29, 0.717) is 0 Å². The second-order valence-corrected chi connectivity index (χ2v) is 4.24. The third-order valence-electron chi connectivity index (χ3n) is 1.56. The van der Waals surface area contributed by atoms with Gasteiger partial charge in [0.25, 0.3) is 0 Å². The van der Waals surface area contributed by atoms with Crippen molar-refractivity contribution in [2.75, 3.05) is 0 Å². The normalized spacial score (nSPS) is 10.1. The summed E-state index contributed by atoms with van der Waals surface area (Å²) in [5, 5.41) is 2.04. The maximum atomic E-state index is 3.44. The minimum absolute atomic E-state index is 1.11. The Hall–Kier alpha value is -0.600. The maximum Gasteiger partial charge on any atom is 0.0422 e. The smallest absolute Gasteiger partial charge is 0.0422 e. The summed E-state index contributed by atoms with van der Waals surface area (Å²) >= 11 is 5.15. The van der Waals surface area contributed by atoms with Crippen molar-refractivity contribution in [3.63, 3.8) is 0 Å². The Labute approximate surface area is 84.0 Å². The van der Waals surface area contributed by atoms with Crippen LogP contribution in [0.15, 0.2) is 40.2 Å². The van der Waals surface area contributed by atoms with Gasteiger partial charge in [0.2, 0.25) is 0 Å². The van der Waals surface area contributed by atoms with E-state index in [9.17, 15) is 0 Å². The van der Waals surface area contributed by atoms with E-state index in [1.54, 1.807) is 11.3 Å². The zero-order valence-corrected chi connectivity index (χ0v) is 8.65. The highest BCUT2D eigenvalue weighted by molar-refractivity contribution is 9.10. The number of hydrogen-bond acceptors (Lipinski definition) is 1. The van der Waals surface area contributed by atoms with Gasteiger partial charge in [-0.05, 0) is 29.1 Å². The van der Waals surface area contributed by atoms with E-state index in [1.165, 1.54) is 10.4 Å². The van der Waals surface area contributed by atoms with Crippen LogP contribution in [0.25, 0.3) is 10.4 Å². The number of halogens is 1. The van der Waals surface area contributed by atoms with E-state index in [0.717, 1.165) is 4.47 Å². The van der Waals surface area contributed by atoms with E-state index in [2.05, 4.69) is 34.1 Å². The van der Waals surface area contributed by atoms with Crippen LogP contribution in [-0.2, 0) is 0 Å². The summed E-state index contributed by atoms with van der Waals surface area (Å²) in [6.07, 6.45) is 0. The second kappa shape index (κ2) is 3.42. The van der Waals surface area contributed by atoms with Crippen LogP contribution in [0.5, 0.6) is 0 Å². The molecule has 2 aromatic rings. The quantitative estimate of drug-likeness (QED) is 0.704. The molecule has 0 amide bonds. The van der Waals surface area contributed by atoms with Gasteiger partial charge in [-0.3, -0.25) is 0 Å². The number of hydrogen-bond donors (Lipinski definition) is 0. The molecule has 0 unspecified atom stereocenters. The summed E-state index contributed by atoms with van der Waals surface area (Å²) in [5.74, 6) is 0. The first-order valence-electron chi connectivity index (χ1n) is 3.57. The Morgan fingerprint density at radius 2 is 2.25 bits per heavy atom. The summed E-state index contributed by atoms with van der Waals surface area (Å²) in [6.45, 7) is 0. The van der Waals surface area contributed by atoms with Crippen LogP contribution < -0.4 is 0 Å². The van der Waals surface area contributed by atoms with Crippen LogP contribution in [0.2, 0.25) is 0 Å². The lowest BCUT2D eigenvalue weighted by molar-refractivity contribution is 1.64. The molecule has 0 saturated carbocycles. The number of benzene rings is 1. The van der Waals surface area contributed by atoms with E-state index >= 15 is 0 Å². The first-order valence-corrected chi connectivity index (χ1v) is 5.24. The van der Waals surface area contributed by atoms with Crippen molar-refractivity contribution in [3.8, 4) is 10.4 Å². The molecular weight excluding hydrogens is 232 g/mol. The minimum Gasteiger partial charge on any atom is -0.143 e. The molecule has 59 valence electrons. The molecule has 1 aromatic carbocycles. The van der Waals surface area contributed by atoms with Crippen molar-refractivity contribution >= 4 is 27.3 Å². The first-order chi connectivity index (χ1) is 5.86. The molecule has 1 heterocycles. The fourth-order valence-electron chi connectivity index (χ4n) is 1.03. The lowest BCUT2D eigenvalue weighted by Gasteiger charge is -1.96. The van der Waals surface area contributed by atoms with Gasteiger partial charge >= 0.3 is 0 Å². The monoisotopic (exact) mass is 237 g/mol. The molecule has 0 spiro atoms. The molecular formula is C10H6BrS. The molecule has 0 bridgehead atoms. The Balaban J connectivity index is 2.48. The summed E-state index contributed by atoms with van der Waals surface area (Å²) in [4.78, 5) is 1.19. The topological polar surface area (TPSA) is 0 Å². The zero-order valence-electron chi connectivity index (χ0n) is 6.25. The third-order valence-corrected chi connectivity index (χ3v) is 2.91. The molecule has 0 aliphatic heterocycles. The Kier molecular flexibility index (Phi) is 2.28. The van der Waals surface area contributed by atoms with Crippen LogP contribution in [0.1, 0.15) is 0 Å². The molecule has 2 heteroatoms. The summed E-state index contributed by atoms with van der Waals surface area (Å²) in [7, 11) is 0. The van der Waals surface area contributed by atoms with Crippen LogP contribution in [-0.4, -0.2) is 0 Å². The average Bonchev–Trinajstić information content (AvgIpc) is 2.56. The van der Waals surface area contributed by atoms with E-state index in [1.807, 2.05) is 23.6 Å². The van der Waals surface area contributed by atoms with Crippen molar-refractivity contribution < 1.29 is 0 Å². The Morgan fingerprint density at radius 1 is 1.33 bits per heavy atom. The minimum atomic E-state index is 1.11. The Morgan fingerprint density at radius 3 is 2.92 bits per heavy atom. The highest BCUT2D eigenvalue weighted by atomic mass is 79.9. The predicted octanol–water partition coefficient (Wildman–Crippen LogP) is 3.98. The molecule has 0 N–H and O–H groups in total. The van der Waals surface area contributed by atoms with E-state index < -0.39 is 0 Å². The van der Waals surface area contributed by atoms with Gasteiger partial charge in [0, 0.05) is 15.4 Å². The molecule has 1 radical (unpaired) electrons. The lowest BCUT2D eigenvalue weighted by atomic mass is 10.2. The van der Waals surface area contributed by atoms with Crippen molar-refractivity contribution in [1.29, 1.82) is 0 Å². The highest BCUT2D eigenvalue weighted by Crippen LogP contribution is 2.26. The van der Waals surface area contributed by atoms with Gasteiger partial charge < -0.3 is 0 Å². The van der Waals surface area contributed by atoms with Gasteiger partial charge in [-0.25, -0.2) is 0 Å². The molecule has 0 saturated heterocycles. The van der Waals surface area contributed by atoms with Gasteiger partial charge in [0.15, 0.2) is 0 Å². The summed E-state index contributed by atoms with van der Waals surface area (Å²) in [5.41, 5.74) is 1.22. The SMILES string of the molecule is Brc1cccc(-c2[c]ccs2)c1. The lowest BCUT2D eigenvalue weighted by Crippen LogP contribution is -1.70. The summed E-state index contributed by atoms with van der Waals surface area (Å²) < 4.78 is 1.11. The van der Waals surface area contributed by atoms with Gasteiger partial charge in [-0.1, -0.05) is 28.1 Å². The standard InChI is InChI=1S/C10H6BrS/c11-9-4-1-3-8(7-9)10-5-2-6-12-10/h1-4,6-7H. The van der Waals surface area contributed by atoms with Crippen molar-refractivity contribution in [3.05, 3.63) is 46.3 Å². The molecule has 0 fully saturated rings. The Bertz CT molecular complexity index is 365. The van der Waals surface area contributed by atoms with E-state index in [4.69, 9.17) is 0 Å². The van der Waals surface area contributed by atoms with Crippen LogP contribution in [0.3, 0.4) is 0 Å². The fourth-order valence-corrected chi connectivity index (χ4v) is 2.10. The van der Waals surface area contributed by atoms with Gasteiger partial charge in [0.1, 0.15) is 0 Å². The second-order valence-electron chi connectivity index (χ2n) is 2.40. The zero-order chi connectivity index (χ0) is 8.39. The molecule has 1 aromatic heterocycles. The number of thiophene rings is 1. The molecule has 0 atom stereocenters.